The summed E-state index contributed by atoms with van der Waals surface area (Å²) in [6.07, 6.45) is -5.48. The van der Waals surface area contributed by atoms with Crippen LogP contribution < -0.4 is 10.1 Å². The minimum Gasteiger partial charge on any atom is -0.491 e. The molecule has 0 bridgehead atoms. The maximum absolute atomic E-state index is 12.5. The summed E-state index contributed by atoms with van der Waals surface area (Å²) in [6.45, 7) is 1.22. The first-order valence-corrected chi connectivity index (χ1v) is 7.49. The molecule has 0 saturated heterocycles. The van der Waals surface area contributed by atoms with E-state index in [4.69, 9.17) is 4.74 Å². The summed E-state index contributed by atoms with van der Waals surface area (Å²) in [7, 11) is 1.52. The lowest BCUT2D eigenvalue weighted by molar-refractivity contribution is -0.384. The number of ether oxygens (including phenoxy) is 1. The van der Waals surface area contributed by atoms with Gasteiger partial charge in [0.1, 0.15) is 24.2 Å². The van der Waals surface area contributed by atoms with Crippen LogP contribution in [-0.2, 0) is 13.2 Å². The molecule has 0 radical (unpaired) electrons. The van der Waals surface area contributed by atoms with Crippen molar-refractivity contribution in [1.29, 1.82) is 0 Å². The molecule has 0 aliphatic carbocycles. The number of nitrogens with zero attached hydrogens (tertiary/aromatic N) is 3. The molecule has 1 aromatic heterocycles. The molecule has 142 valence electrons. The molecule has 2 rings (SSSR count). The molecule has 1 aromatic carbocycles. The van der Waals surface area contributed by atoms with Crippen LogP contribution in [0.15, 0.2) is 24.3 Å². The fourth-order valence-electron chi connectivity index (χ4n) is 2.27. The van der Waals surface area contributed by atoms with E-state index >= 15 is 0 Å². The third-order valence-electron chi connectivity index (χ3n) is 3.50. The zero-order chi connectivity index (χ0) is 19.5. The Morgan fingerprint density at radius 1 is 1.38 bits per heavy atom. The first-order chi connectivity index (χ1) is 12.1. The van der Waals surface area contributed by atoms with Crippen molar-refractivity contribution in [1.82, 2.24) is 9.78 Å². The normalized spacial score (nSPS) is 12.7. The van der Waals surface area contributed by atoms with Crippen LogP contribution in [0.5, 0.6) is 5.75 Å². The Bertz CT molecular complexity index is 774. The van der Waals surface area contributed by atoms with Crippen LogP contribution in [0.2, 0.25) is 0 Å². The van der Waals surface area contributed by atoms with E-state index in [2.05, 4.69) is 10.4 Å². The Morgan fingerprint density at radius 3 is 2.54 bits per heavy atom. The molecule has 0 saturated carbocycles. The second kappa shape index (κ2) is 7.60. The summed E-state index contributed by atoms with van der Waals surface area (Å²) in [6, 6.07) is 4.06. The van der Waals surface area contributed by atoms with Crippen molar-refractivity contribution in [2.75, 3.05) is 18.5 Å². The van der Waals surface area contributed by atoms with Crippen LogP contribution in [0.25, 0.3) is 0 Å². The summed E-state index contributed by atoms with van der Waals surface area (Å²) in [5, 5.41) is 27.6. The van der Waals surface area contributed by atoms with Crippen LogP contribution in [0, 0.1) is 17.0 Å². The van der Waals surface area contributed by atoms with Crippen molar-refractivity contribution in [3.63, 3.8) is 0 Å². The quantitative estimate of drug-likeness (QED) is 0.570. The van der Waals surface area contributed by atoms with Crippen LogP contribution >= 0.6 is 0 Å². The van der Waals surface area contributed by atoms with Gasteiger partial charge in [0.15, 0.2) is 0 Å². The van der Waals surface area contributed by atoms with E-state index in [-0.39, 0.29) is 36.1 Å². The molecule has 1 atom stereocenters. The molecule has 0 spiro atoms. The average molecular weight is 374 g/mol. The van der Waals surface area contributed by atoms with Gasteiger partial charge in [0.05, 0.1) is 10.5 Å². The zero-order valence-electron chi connectivity index (χ0n) is 13.9. The molecule has 8 nitrogen and oxygen atoms in total. The third kappa shape index (κ3) is 4.63. The van der Waals surface area contributed by atoms with Crippen molar-refractivity contribution >= 4 is 11.5 Å². The number of hydrogen-bond donors (Lipinski definition) is 2. The molecular weight excluding hydrogens is 357 g/mol. The third-order valence-corrected chi connectivity index (χ3v) is 3.50. The largest absolute Gasteiger partial charge is 0.491 e. The Kier molecular flexibility index (Phi) is 5.70. The lowest BCUT2D eigenvalue weighted by Crippen LogP contribution is -2.27. The van der Waals surface area contributed by atoms with Crippen molar-refractivity contribution in [3.8, 4) is 5.75 Å². The Balaban J connectivity index is 1.90. The van der Waals surface area contributed by atoms with E-state index in [1.807, 2.05) is 0 Å². The Hall–Kier alpha value is -2.82. The highest BCUT2D eigenvalue weighted by Gasteiger charge is 2.30. The van der Waals surface area contributed by atoms with Crippen molar-refractivity contribution < 1.29 is 27.9 Å². The number of nitrogens with one attached hydrogen (secondary N) is 1. The van der Waals surface area contributed by atoms with Gasteiger partial charge in [-0.1, -0.05) is 0 Å². The number of nitro groups is 1. The highest BCUT2D eigenvalue weighted by Crippen LogP contribution is 2.30. The molecule has 0 aliphatic rings. The van der Waals surface area contributed by atoms with Gasteiger partial charge in [0.2, 0.25) is 5.82 Å². The SMILES string of the molecule is Cc1nn(C)c(NC[C@@H](O)COc2ccc(C(F)(F)F)cc2)c1[N+](=O)[O-]. The molecule has 0 amide bonds. The topological polar surface area (TPSA) is 102 Å². The number of anilines is 1. The van der Waals surface area contributed by atoms with Crippen LogP contribution in [0.3, 0.4) is 0 Å². The van der Waals surface area contributed by atoms with Gasteiger partial charge in [0, 0.05) is 13.6 Å². The van der Waals surface area contributed by atoms with Gasteiger partial charge in [-0.3, -0.25) is 10.1 Å². The fraction of sp³-hybridized carbons (Fsp3) is 0.400. The maximum atomic E-state index is 12.5. The van der Waals surface area contributed by atoms with Gasteiger partial charge < -0.3 is 15.2 Å². The highest BCUT2D eigenvalue weighted by atomic mass is 19.4. The van der Waals surface area contributed by atoms with E-state index in [0.717, 1.165) is 24.3 Å². The lowest BCUT2D eigenvalue weighted by atomic mass is 10.2. The molecule has 26 heavy (non-hydrogen) atoms. The van der Waals surface area contributed by atoms with E-state index in [0.29, 0.717) is 0 Å². The van der Waals surface area contributed by atoms with Crippen molar-refractivity contribution in [2.45, 2.75) is 19.2 Å². The molecule has 0 unspecified atom stereocenters. The number of halogens is 3. The van der Waals surface area contributed by atoms with Gasteiger partial charge in [-0.25, -0.2) is 4.68 Å². The Morgan fingerprint density at radius 2 is 2.00 bits per heavy atom. The van der Waals surface area contributed by atoms with E-state index < -0.39 is 22.8 Å². The molecule has 11 heteroatoms. The first kappa shape index (κ1) is 19.5. The first-order valence-electron chi connectivity index (χ1n) is 7.49. The molecule has 2 N–H and O–H groups in total. The van der Waals surface area contributed by atoms with Crippen molar-refractivity contribution in [2.24, 2.45) is 7.05 Å². The molecule has 0 fully saturated rings. The van der Waals surface area contributed by atoms with Crippen LogP contribution in [-0.4, -0.2) is 39.1 Å². The predicted molar refractivity (Wildman–Crippen MR) is 86.0 cm³/mol. The summed E-state index contributed by atoms with van der Waals surface area (Å²) in [4.78, 5) is 10.5. The number of rotatable bonds is 7. The van der Waals surface area contributed by atoms with Gasteiger partial charge in [-0.05, 0) is 31.2 Å². The second-order valence-electron chi connectivity index (χ2n) is 5.53. The number of aromatic nitrogens is 2. The summed E-state index contributed by atoms with van der Waals surface area (Å²) >= 11 is 0. The molecular formula is C15H17F3N4O4. The Labute approximate surface area is 146 Å². The fourth-order valence-corrected chi connectivity index (χ4v) is 2.27. The summed E-state index contributed by atoms with van der Waals surface area (Å²) in [5.41, 5.74) is -0.759. The van der Waals surface area contributed by atoms with Gasteiger partial charge in [-0.2, -0.15) is 18.3 Å². The van der Waals surface area contributed by atoms with E-state index in [9.17, 15) is 28.4 Å². The minimum atomic E-state index is -4.43. The number of alkyl halides is 3. The number of aryl methyl sites for hydroxylation is 2. The zero-order valence-corrected chi connectivity index (χ0v) is 13.9. The van der Waals surface area contributed by atoms with Gasteiger partial charge in [-0.15, -0.1) is 0 Å². The predicted octanol–water partition coefficient (Wildman–Crippen LogP) is 2.51. The van der Waals surface area contributed by atoms with Crippen molar-refractivity contribution in [3.05, 3.63) is 45.6 Å². The van der Waals surface area contributed by atoms with Gasteiger partial charge >= 0.3 is 11.9 Å². The number of aliphatic hydroxyl groups is 1. The molecule has 0 aliphatic heterocycles. The van der Waals surface area contributed by atoms with E-state index in [1.54, 1.807) is 0 Å². The van der Waals surface area contributed by atoms with Crippen LogP contribution in [0.4, 0.5) is 24.7 Å². The molecule has 1 heterocycles. The number of aliphatic hydroxyl groups excluding tert-OH is 1. The number of benzene rings is 1. The average Bonchev–Trinajstić information content (AvgIpc) is 2.84. The standard InChI is InChI=1S/C15H17F3N4O4/c1-9-13(22(24)25)14(21(2)20-9)19-7-11(23)8-26-12-5-3-10(4-6-12)15(16,17)18/h3-6,11,19,23H,7-8H2,1-2H3/t11-/m1/s1. The van der Waals surface area contributed by atoms with Crippen LogP contribution in [0.1, 0.15) is 11.3 Å². The molecule has 2 aromatic rings. The summed E-state index contributed by atoms with van der Waals surface area (Å²) < 4.78 is 43.9. The highest BCUT2D eigenvalue weighted by molar-refractivity contribution is 5.59. The maximum Gasteiger partial charge on any atom is 0.416 e. The number of hydrogen-bond acceptors (Lipinski definition) is 6. The summed E-state index contributed by atoms with van der Waals surface area (Å²) in [5.74, 6) is 0.306. The minimum absolute atomic E-state index is 0.0690. The monoisotopic (exact) mass is 374 g/mol. The van der Waals surface area contributed by atoms with E-state index in [1.165, 1.54) is 18.7 Å². The lowest BCUT2D eigenvalue weighted by Gasteiger charge is -2.14. The van der Waals surface area contributed by atoms with Gasteiger partial charge in [0.25, 0.3) is 0 Å². The smallest absolute Gasteiger partial charge is 0.416 e. The second-order valence-corrected chi connectivity index (χ2v) is 5.53.